The van der Waals surface area contributed by atoms with E-state index in [0.717, 1.165) is 19.3 Å². The summed E-state index contributed by atoms with van der Waals surface area (Å²) in [5.74, 6) is 0.173. The molecule has 158 valence electrons. The highest BCUT2D eigenvalue weighted by Gasteiger charge is 2.22. The van der Waals surface area contributed by atoms with E-state index in [-0.39, 0.29) is 11.6 Å². The molecule has 1 heterocycles. The van der Waals surface area contributed by atoms with Gasteiger partial charge in [0.15, 0.2) is 5.16 Å². The summed E-state index contributed by atoms with van der Waals surface area (Å²) in [6.07, 6.45) is 2.95. The number of imide groups is 1. The standard InChI is InChI=1S/C21H30N4O3S/c1-13(2)9-8-10-14(3)25-19(27)16-11-6-7-12-17(16)23-21(25)29-15(4)18(26)24-20(28)22-5/h6-7,11-15H,8-10H2,1-5H3,(H2,22,24,26,28)/t14-,15-/m0/s1. The SMILES string of the molecule is CNC(=O)NC(=O)[C@H](C)Sc1nc2ccccc2c(=O)n1[C@@H](C)CCCC(C)C. The molecule has 0 fully saturated rings. The Morgan fingerprint density at radius 2 is 1.83 bits per heavy atom. The summed E-state index contributed by atoms with van der Waals surface area (Å²) >= 11 is 1.19. The normalized spacial score (nSPS) is 13.3. The van der Waals surface area contributed by atoms with E-state index in [9.17, 15) is 14.4 Å². The summed E-state index contributed by atoms with van der Waals surface area (Å²) < 4.78 is 1.69. The van der Waals surface area contributed by atoms with Gasteiger partial charge in [-0.25, -0.2) is 9.78 Å². The topological polar surface area (TPSA) is 93.1 Å². The zero-order valence-corrected chi connectivity index (χ0v) is 18.5. The van der Waals surface area contributed by atoms with E-state index in [1.165, 1.54) is 18.8 Å². The molecule has 1 aromatic heterocycles. The number of thioether (sulfide) groups is 1. The molecule has 2 aromatic rings. The summed E-state index contributed by atoms with van der Waals surface area (Å²) in [5.41, 5.74) is 0.499. The van der Waals surface area contributed by atoms with Crippen LogP contribution in [0.2, 0.25) is 0 Å². The Kier molecular flexibility index (Phi) is 8.25. The van der Waals surface area contributed by atoms with Crippen molar-refractivity contribution in [3.05, 3.63) is 34.6 Å². The monoisotopic (exact) mass is 418 g/mol. The number of hydrogen-bond donors (Lipinski definition) is 2. The van der Waals surface area contributed by atoms with Gasteiger partial charge in [-0.3, -0.25) is 19.5 Å². The van der Waals surface area contributed by atoms with Crippen LogP contribution in [0.25, 0.3) is 10.9 Å². The lowest BCUT2D eigenvalue weighted by Crippen LogP contribution is -2.41. The number of para-hydroxylation sites is 1. The Morgan fingerprint density at radius 1 is 1.14 bits per heavy atom. The van der Waals surface area contributed by atoms with Crippen molar-refractivity contribution in [2.45, 2.75) is 63.4 Å². The van der Waals surface area contributed by atoms with Crippen molar-refractivity contribution in [2.75, 3.05) is 7.05 Å². The Labute approximate surface area is 175 Å². The Bertz CT molecular complexity index is 926. The number of rotatable bonds is 8. The first-order valence-electron chi connectivity index (χ1n) is 9.95. The van der Waals surface area contributed by atoms with E-state index >= 15 is 0 Å². The van der Waals surface area contributed by atoms with Crippen molar-refractivity contribution in [2.24, 2.45) is 5.92 Å². The second-order valence-electron chi connectivity index (χ2n) is 7.59. The zero-order chi connectivity index (χ0) is 21.6. The molecule has 3 amide bonds. The van der Waals surface area contributed by atoms with Crippen molar-refractivity contribution in [1.82, 2.24) is 20.2 Å². The number of hydrogen-bond acceptors (Lipinski definition) is 5. The average Bonchev–Trinajstić information content (AvgIpc) is 2.67. The van der Waals surface area contributed by atoms with Gasteiger partial charge < -0.3 is 5.32 Å². The second-order valence-corrected chi connectivity index (χ2v) is 8.90. The molecule has 0 bridgehead atoms. The number of aromatic nitrogens is 2. The first-order valence-corrected chi connectivity index (χ1v) is 10.8. The predicted molar refractivity (Wildman–Crippen MR) is 117 cm³/mol. The molecule has 0 aliphatic heterocycles. The highest BCUT2D eigenvalue weighted by Crippen LogP contribution is 2.27. The quantitative estimate of drug-likeness (QED) is 0.503. The Balaban J connectivity index is 2.37. The highest BCUT2D eigenvalue weighted by atomic mass is 32.2. The molecule has 8 heteroatoms. The molecule has 2 N–H and O–H groups in total. The number of carbonyl (C=O) groups excluding carboxylic acids is 2. The van der Waals surface area contributed by atoms with E-state index in [4.69, 9.17) is 0 Å². The van der Waals surface area contributed by atoms with Crippen LogP contribution in [0.15, 0.2) is 34.2 Å². The largest absolute Gasteiger partial charge is 0.341 e. The van der Waals surface area contributed by atoms with Gasteiger partial charge in [-0.15, -0.1) is 0 Å². The summed E-state index contributed by atoms with van der Waals surface area (Å²) in [6, 6.07) is 6.62. The minimum atomic E-state index is -0.588. The third kappa shape index (κ3) is 6.06. The summed E-state index contributed by atoms with van der Waals surface area (Å²) in [4.78, 5) is 41.6. The van der Waals surface area contributed by atoms with Crippen LogP contribution in [-0.4, -0.2) is 33.8 Å². The van der Waals surface area contributed by atoms with Crippen LogP contribution in [0.5, 0.6) is 0 Å². The maximum atomic E-state index is 13.2. The number of nitrogens with one attached hydrogen (secondary N) is 2. The molecule has 0 saturated carbocycles. The van der Waals surface area contributed by atoms with Gasteiger partial charge in [0.25, 0.3) is 5.56 Å². The fourth-order valence-corrected chi connectivity index (χ4v) is 4.05. The number of carbonyl (C=O) groups is 2. The van der Waals surface area contributed by atoms with Crippen molar-refractivity contribution >= 4 is 34.6 Å². The minimum absolute atomic E-state index is 0.0462. The van der Waals surface area contributed by atoms with E-state index < -0.39 is 17.2 Å². The van der Waals surface area contributed by atoms with Gasteiger partial charge in [-0.2, -0.15) is 0 Å². The summed E-state index contributed by atoms with van der Waals surface area (Å²) in [7, 11) is 1.45. The van der Waals surface area contributed by atoms with Crippen molar-refractivity contribution in [1.29, 1.82) is 0 Å². The van der Waals surface area contributed by atoms with Crippen LogP contribution in [-0.2, 0) is 4.79 Å². The highest BCUT2D eigenvalue weighted by molar-refractivity contribution is 8.00. The van der Waals surface area contributed by atoms with E-state index in [1.54, 1.807) is 23.6 Å². The maximum absolute atomic E-state index is 13.2. The van der Waals surface area contributed by atoms with E-state index in [0.29, 0.717) is 22.0 Å². The number of benzene rings is 1. The molecule has 0 radical (unpaired) electrons. The fraction of sp³-hybridized carbons (Fsp3) is 0.524. The van der Waals surface area contributed by atoms with Crippen LogP contribution < -0.4 is 16.2 Å². The lowest BCUT2D eigenvalue weighted by Gasteiger charge is -2.21. The third-order valence-electron chi connectivity index (χ3n) is 4.73. The smallest absolute Gasteiger partial charge is 0.321 e. The third-order valence-corrected chi connectivity index (χ3v) is 5.80. The number of urea groups is 1. The molecule has 0 aliphatic rings. The van der Waals surface area contributed by atoms with Crippen molar-refractivity contribution in [3.8, 4) is 0 Å². The average molecular weight is 419 g/mol. The van der Waals surface area contributed by atoms with E-state index in [1.807, 2.05) is 19.1 Å². The summed E-state index contributed by atoms with van der Waals surface area (Å²) in [6.45, 7) is 8.07. The predicted octanol–water partition coefficient (Wildman–Crippen LogP) is 3.72. The molecule has 0 aliphatic carbocycles. The van der Waals surface area contributed by atoms with Gasteiger partial charge in [0.2, 0.25) is 5.91 Å². The number of amides is 3. The lowest BCUT2D eigenvalue weighted by molar-refractivity contribution is -0.119. The maximum Gasteiger partial charge on any atom is 0.321 e. The van der Waals surface area contributed by atoms with Crippen LogP contribution >= 0.6 is 11.8 Å². The van der Waals surface area contributed by atoms with Gasteiger partial charge >= 0.3 is 6.03 Å². The first-order chi connectivity index (χ1) is 13.7. The molecule has 0 saturated heterocycles. The molecule has 2 rings (SSSR count). The van der Waals surface area contributed by atoms with Crippen molar-refractivity contribution < 1.29 is 9.59 Å². The Hall–Kier alpha value is -2.35. The fourth-order valence-electron chi connectivity index (χ4n) is 3.04. The lowest BCUT2D eigenvalue weighted by atomic mass is 10.0. The van der Waals surface area contributed by atoms with Gasteiger partial charge in [0, 0.05) is 13.1 Å². The van der Waals surface area contributed by atoms with Gasteiger partial charge in [0.1, 0.15) is 0 Å². The van der Waals surface area contributed by atoms with Crippen molar-refractivity contribution in [3.63, 3.8) is 0 Å². The molecular weight excluding hydrogens is 388 g/mol. The molecule has 2 atom stereocenters. The summed E-state index contributed by atoms with van der Waals surface area (Å²) in [5, 5.41) is 5.10. The molecule has 7 nitrogen and oxygen atoms in total. The molecular formula is C21H30N4O3S. The second kappa shape index (κ2) is 10.4. The zero-order valence-electron chi connectivity index (χ0n) is 17.7. The Morgan fingerprint density at radius 3 is 2.48 bits per heavy atom. The minimum Gasteiger partial charge on any atom is -0.341 e. The van der Waals surface area contributed by atoms with Gasteiger partial charge in [-0.05, 0) is 38.3 Å². The molecule has 0 spiro atoms. The van der Waals surface area contributed by atoms with Crippen LogP contribution in [0.3, 0.4) is 0 Å². The molecule has 1 aromatic carbocycles. The first kappa shape index (κ1) is 22.9. The van der Waals surface area contributed by atoms with Gasteiger partial charge in [-0.1, -0.05) is 50.6 Å². The van der Waals surface area contributed by atoms with Crippen LogP contribution in [0.4, 0.5) is 4.79 Å². The van der Waals surface area contributed by atoms with E-state index in [2.05, 4.69) is 29.5 Å². The molecule has 0 unspecified atom stereocenters. The van der Waals surface area contributed by atoms with Crippen LogP contribution in [0, 0.1) is 5.92 Å². The number of nitrogens with zero attached hydrogens (tertiary/aromatic N) is 2. The molecule has 29 heavy (non-hydrogen) atoms. The van der Waals surface area contributed by atoms with Gasteiger partial charge in [0.05, 0.1) is 16.2 Å². The number of fused-ring (bicyclic) bond motifs is 1. The van der Waals surface area contributed by atoms with Crippen LogP contribution in [0.1, 0.15) is 53.0 Å².